The highest BCUT2D eigenvalue weighted by molar-refractivity contribution is 6.34. The lowest BCUT2D eigenvalue weighted by Gasteiger charge is -2.11. The highest BCUT2D eigenvalue weighted by Gasteiger charge is 2.27. The van der Waals surface area contributed by atoms with Gasteiger partial charge in [0.2, 0.25) is 0 Å². The quantitative estimate of drug-likeness (QED) is 0.428. The van der Waals surface area contributed by atoms with Gasteiger partial charge in [-0.3, -0.25) is 0 Å². The normalized spacial score (nSPS) is 9.76. The third kappa shape index (κ3) is 2.65. The highest BCUT2D eigenvalue weighted by atomic mass is 16.6. The molecule has 0 amide bonds. The molecule has 90 valence electrons. The number of benzene rings is 1. The Kier molecular flexibility index (Phi) is 3.56. The van der Waals surface area contributed by atoms with Gasteiger partial charge < -0.3 is 30.0 Å². The lowest BCUT2D eigenvalue weighted by Crippen LogP contribution is -2.23. The van der Waals surface area contributed by atoms with Gasteiger partial charge in [0, 0.05) is 0 Å². The molecule has 5 N–H and O–H groups in total. The minimum Gasteiger partial charge on any atom is -0.511 e. The number of aromatic carboxylic acids is 2. The van der Waals surface area contributed by atoms with Gasteiger partial charge >= 0.3 is 19.3 Å². The SMILES string of the molecule is O=C(O)c1c(O)ccc(OB(O)O)c1C(=O)O. The van der Waals surface area contributed by atoms with E-state index in [1.165, 1.54) is 0 Å². The van der Waals surface area contributed by atoms with Gasteiger partial charge in [0.15, 0.2) is 0 Å². The molecule has 0 aliphatic rings. The first kappa shape index (κ1) is 12.8. The molecule has 0 aliphatic carbocycles. The van der Waals surface area contributed by atoms with Crippen LogP contribution in [0.3, 0.4) is 0 Å². The van der Waals surface area contributed by atoms with Crippen LogP contribution in [0.2, 0.25) is 0 Å². The Labute approximate surface area is 94.5 Å². The van der Waals surface area contributed by atoms with Gasteiger partial charge in [-0.1, -0.05) is 0 Å². The fraction of sp³-hybridized carbons (Fsp3) is 0. The van der Waals surface area contributed by atoms with Crippen LogP contribution in [0.5, 0.6) is 11.5 Å². The second-order valence-electron chi connectivity index (χ2n) is 2.89. The molecule has 1 aromatic carbocycles. The fourth-order valence-corrected chi connectivity index (χ4v) is 1.21. The first-order valence-corrected chi connectivity index (χ1v) is 4.20. The topological polar surface area (TPSA) is 145 Å². The first-order chi connectivity index (χ1) is 7.84. The number of carbonyl (C=O) groups is 2. The van der Waals surface area contributed by atoms with Crippen molar-refractivity contribution in [1.82, 2.24) is 0 Å². The molecular weight excluding hydrogens is 235 g/mol. The van der Waals surface area contributed by atoms with E-state index in [4.69, 9.17) is 20.3 Å². The molecule has 8 nitrogen and oxygen atoms in total. The monoisotopic (exact) mass is 242 g/mol. The Morgan fingerprint density at radius 2 is 1.59 bits per heavy atom. The van der Waals surface area contributed by atoms with Crippen LogP contribution in [0.15, 0.2) is 12.1 Å². The number of carboxylic acids is 2. The first-order valence-electron chi connectivity index (χ1n) is 4.20. The Hall–Kier alpha value is -2.26. The van der Waals surface area contributed by atoms with Crippen molar-refractivity contribution in [3.63, 3.8) is 0 Å². The van der Waals surface area contributed by atoms with E-state index in [2.05, 4.69) is 4.65 Å². The van der Waals surface area contributed by atoms with E-state index in [0.717, 1.165) is 12.1 Å². The van der Waals surface area contributed by atoms with Crippen LogP contribution < -0.4 is 4.65 Å². The Morgan fingerprint density at radius 3 is 2.00 bits per heavy atom. The van der Waals surface area contributed by atoms with Gasteiger partial charge in [0.25, 0.3) is 0 Å². The third-order valence-electron chi connectivity index (χ3n) is 1.81. The summed E-state index contributed by atoms with van der Waals surface area (Å²) >= 11 is 0. The second kappa shape index (κ2) is 4.72. The highest BCUT2D eigenvalue weighted by Crippen LogP contribution is 2.30. The molecule has 0 heterocycles. The van der Waals surface area contributed by atoms with Gasteiger partial charge in [0.05, 0.1) is 0 Å². The average Bonchev–Trinajstić information content (AvgIpc) is 2.18. The van der Waals surface area contributed by atoms with Crippen LogP contribution in [0.4, 0.5) is 0 Å². The Morgan fingerprint density at radius 1 is 1.06 bits per heavy atom. The van der Waals surface area contributed by atoms with Crippen molar-refractivity contribution in [3.8, 4) is 11.5 Å². The minimum absolute atomic E-state index is 0.581. The predicted molar refractivity (Wildman–Crippen MR) is 52.8 cm³/mol. The maximum Gasteiger partial charge on any atom is 0.707 e. The van der Waals surface area contributed by atoms with E-state index in [-0.39, 0.29) is 0 Å². The summed E-state index contributed by atoms with van der Waals surface area (Å²) in [6.45, 7) is 0. The molecule has 0 aromatic heterocycles. The summed E-state index contributed by atoms with van der Waals surface area (Å²) in [5, 5.41) is 43.9. The van der Waals surface area contributed by atoms with Crippen molar-refractivity contribution in [1.29, 1.82) is 0 Å². The van der Waals surface area contributed by atoms with Crippen LogP contribution >= 0.6 is 0 Å². The van der Waals surface area contributed by atoms with Crippen LogP contribution in [-0.2, 0) is 0 Å². The van der Waals surface area contributed by atoms with Gasteiger partial charge in [0.1, 0.15) is 22.6 Å². The molecule has 0 radical (unpaired) electrons. The van der Waals surface area contributed by atoms with Crippen molar-refractivity contribution in [2.75, 3.05) is 0 Å². The van der Waals surface area contributed by atoms with E-state index in [9.17, 15) is 14.7 Å². The molecule has 9 heteroatoms. The summed E-state index contributed by atoms with van der Waals surface area (Å²) < 4.78 is 4.31. The zero-order valence-electron chi connectivity index (χ0n) is 8.19. The summed E-state index contributed by atoms with van der Waals surface area (Å²) in [7, 11) is -2.31. The number of rotatable bonds is 4. The summed E-state index contributed by atoms with van der Waals surface area (Å²) in [4.78, 5) is 21.6. The minimum atomic E-state index is -2.31. The number of carboxylic acid groups (broad SMARTS) is 2. The predicted octanol–water partition coefficient (Wildman–Crippen LogP) is -0.863. The molecule has 0 spiro atoms. The molecule has 0 fully saturated rings. The second-order valence-corrected chi connectivity index (χ2v) is 2.89. The molecule has 17 heavy (non-hydrogen) atoms. The van der Waals surface area contributed by atoms with Crippen molar-refractivity contribution in [2.24, 2.45) is 0 Å². The fourth-order valence-electron chi connectivity index (χ4n) is 1.21. The van der Waals surface area contributed by atoms with E-state index < -0.39 is 41.9 Å². The zero-order valence-corrected chi connectivity index (χ0v) is 8.19. The van der Waals surface area contributed by atoms with Gasteiger partial charge in [-0.2, -0.15) is 0 Å². The summed E-state index contributed by atoms with van der Waals surface area (Å²) in [6.07, 6.45) is 0. The zero-order chi connectivity index (χ0) is 13.2. The van der Waals surface area contributed by atoms with Crippen LogP contribution in [0.1, 0.15) is 20.7 Å². The van der Waals surface area contributed by atoms with E-state index >= 15 is 0 Å². The smallest absolute Gasteiger partial charge is 0.511 e. The maximum atomic E-state index is 10.9. The molecule has 1 rings (SSSR count). The Bertz CT molecular complexity index is 469. The molecule has 0 unspecified atom stereocenters. The number of hydrogen-bond donors (Lipinski definition) is 5. The van der Waals surface area contributed by atoms with Crippen molar-refractivity contribution < 1.29 is 39.6 Å². The average molecular weight is 242 g/mol. The molecule has 0 atom stereocenters. The number of aromatic hydroxyl groups is 1. The largest absolute Gasteiger partial charge is 0.707 e. The molecule has 0 bridgehead atoms. The third-order valence-corrected chi connectivity index (χ3v) is 1.81. The number of hydrogen-bond acceptors (Lipinski definition) is 6. The lowest BCUT2D eigenvalue weighted by molar-refractivity contribution is 0.0645. The Balaban J connectivity index is 3.47. The van der Waals surface area contributed by atoms with Crippen LogP contribution in [0, 0.1) is 0 Å². The van der Waals surface area contributed by atoms with E-state index in [1.807, 2.05) is 0 Å². The molecule has 0 saturated carbocycles. The van der Waals surface area contributed by atoms with Gasteiger partial charge in [-0.25, -0.2) is 9.59 Å². The molecule has 0 saturated heterocycles. The summed E-state index contributed by atoms with van der Waals surface area (Å²) in [5.41, 5.74) is -1.76. The van der Waals surface area contributed by atoms with Crippen molar-refractivity contribution in [2.45, 2.75) is 0 Å². The van der Waals surface area contributed by atoms with Crippen molar-refractivity contribution in [3.05, 3.63) is 23.3 Å². The van der Waals surface area contributed by atoms with Crippen LogP contribution in [-0.4, -0.2) is 44.6 Å². The maximum absolute atomic E-state index is 10.9. The van der Waals surface area contributed by atoms with Gasteiger partial charge in [-0.15, -0.1) is 0 Å². The van der Waals surface area contributed by atoms with Crippen LogP contribution in [0.25, 0.3) is 0 Å². The van der Waals surface area contributed by atoms with Crippen molar-refractivity contribution >= 4 is 19.3 Å². The van der Waals surface area contributed by atoms with Gasteiger partial charge in [-0.05, 0) is 12.1 Å². The van der Waals surface area contributed by atoms with E-state index in [0.29, 0.717) is 0 Å². The number of phenols is 1. The molecule has 1 aromatic rings. The standard InChI is InChI=1S/C8H7BO8/c10-3-1-2-4(17-9(15)16)6(8(13)14)5(3)7(11)12/h1-2,10,15-16H,(H,11,12)(H,13,14). The summed E-state index contributed by atoms with van der Waals surface area (Å²) in [6, 6.07) is 1.78. The van der Waals surface area contributed by atoms with E-state index in [1.54, 1.807) is 0 Å². The molecular formula is C8H7BO8. The lowest BCUT2D eigenvalue weighted by atomic mass is 10.0. The summed E-state index contributed by atoms with van der Waals surface area (Å²) in [5.74, 6) is -4.72. The molecule has 0 aliphatic heterocycles.